The van der Waals surface area contributed by atoms with Gasteiger partial charge in [-0.15, -0.1) is 0 Å². The molecule has 21 heavy (non-hydrogen) atoms. The lowest BCUT2D eigenvalue weighted by Gasteiger charge is -2.16. The summed E-state index contributed by atoms with van der Waals surface area (Å²) in [7, 11) is 0. The molecule has 0 saturated heterocycles. The van der Waals surface area contributed by atoms with Gasteiger partial charge in [0.25, 0.3) is 5.69 Å². The third kappa shape index (κ3) is 3.75. The number of hydrogen-bond donors (Lipinski definition) is 1. The normalized spacial score (nSPS) is 12.4. The van der Waals surface area contributed by atoms with Gasteiger partial charge in [-0.1, -0.05) is 32.9 Å². The first-order valence-corrected chi connectivity index (χ1v) is 7.63. The number of aromatic nitrogens is 2. The van der Waals surface area contributed by atoms with E-state index in [1.807, 2.05) is 26.8 Å². The lowest BCUT2D eigenvalue weighted by molar-refractivity contribution is -0.384. The van der Waals surface area contributed by atoms with Crippen LogP contribution in [-0.2, 0) is 0 Å². The smallest absolute Gasteiger partial charge is 0.269 e. The standard InChI is InChI=1S/C14H18N4O2S/c1-4-12(10-6-5-7-11(8-10)18(19)20)15-14-16-13(9(2)3)17-21-14/h5-9,12H,4H2,1-3H3,(H,15,16,17)/t12-/m0/s1. The molecular weight excluding hydrogens is 288 g/mol. The second-order valence-electron chi connectivity index (χ2n) is 5.07. The number of benzene rings is 1. The van der Waals surface area contributed by atoms with Gasteiger partial charge in [0, 0.05) is 29.6 Å². The van der Waals surface area contributed by atoms with Gasteiger partial charge in [0.05, 0.1) is 11.0 Å². The van der Waals surface area contributed by atoms with Crippen LogP contribution in [0.5, 0.6) is 0 Å². The van der Waals surface area contributed by atoms with E-state index in [4.69, 9.17) is 0 Å². The number of rotatable bonds is 6. The van der Waals surface area contributed by atoms with Crippen molar-refractivity contribution in [2.24, 2.45) is 0 Å². The summed E-state index contributed by atoms with van der Waals surface area (Å²) in [5.41, 5.74) is 0.987. The maximum atomic E-state index is 10.9. The van der Waals surface area contributed by atoms with E-state index in [0.717, 1.165) is 22.9 Å². The fourth-order valence-corrected chi connectivity index (χ4v) is 2.71. The highest BCUT2D eigenvalue weighted by atomic mass is 32.1. The molecule has 0 aliphatic rings. The summed E-state index contributed by atoms with van der Waals surface area (Å²) in [6.45, 7) is 6.12. The van der Waals surface area contributed by atoms with Gasteiger partial charge in [-0.2, -0.15) is 4.37 Å². The highest BCUT2D eigenvalue weighted by Crippen LogP contribution is 2.27. The average molecular weight is 306 g/mol. The van der Waals surface area contributed by atoms with Crippen LogP contribution < -0.4 is 5.32 Å². The van der Waals surface area contributed by atoms with E-state index >= 15 is 0 Å². The van der Waals surface area contributed by atoms with Gasteiger partial charge in [0.1, 0.15) is 5.82 Å². The molecule has 2 aromatic rings. The van der Waals surface area contributed by atoms with Crippen molar-refractivity contribution in [2.75, 3.05) is 5.32 Å². The van der Waals surface area contributed by atoms with E-state index in [9.17, 15) is 10.1 Å². The van der Waals surface area contributed by atoms with E-state index in [2.05, 4.69) is 14.7 Å². The Morgan fingerprint density at radius 3 is 2.76 bits per heavy atom. The van der Waals surface area contributed by atoms with Gasteiger partial charge in [0.2, 0.25) is 5.13 Å². The summed E-state index contributed by atoms with van der Waals surface area (Å²) in [6.07, 6.45) is 0.803. The van der Waals surface area contributed by atoms with E-state index in [1.54, 1.807) is 12.1 Å². The molecule has 0 bridgehead atoms. The van der Waals surface area contributed by atoms with E-state index in [1.165, 1.54) is 17.6 Å². The van der Waals surface area contributed by atoms with Crippen LogP contribution in [0.1, 0.15) is 50.5 Å². The first-order chi connectivity index (χ1) is 10.0. The van der Waals surface area contributed by atoms with Crippen LogP contribution in [0.4, 0.5) is 10.8 Å². The van der Waals surface area contributed by atoms with Gasteiger partial charge in [-0.05, 0) is 12.0 Å². The maximum absolute atomic E-state index is 10.9. The molecule has 0 aliphatic heterocycles. The number of hydrogen-bond acceptors (Lipinski definition) is 6. The van der Waals surface area contributed by atoms with Crippen molar-refractivity contribution >= 4 is 22.4 Å². The van der Waals surface area contributed by atoms with E-state index in [0.29, 0.717) is 0 Å². The molecule has 0 saturated carbocycles. The van der Waals surface area contributed by atoms with Crippen LogP contribution in [0.3, 0.4) is 0 Å². The van der Waals surface area contributed by atoms with Crippen LogP contribution in [0.2, 0.25) is 0 Å². The largest absolute Gasteiger partial charge is 0.353 e. The second kappa shape index (κ2) is 6.62. The summed E-state index contributed by atoms with van der Waals surface area (Å²) < 4.78 is 4.30. The highest BCUT2D eigenvalue weighted by Gasteiger charge is 2.16. The Morgan fingerprint density at radius 1 is 1.43 bits per heavy atom. The molecule has 1 N–H and O–H groups in total. The van der Waals surface area contributed by atoms with Gasteiger partial charge in [0.15, 0.2) is 0 Å². The van der Waals surface area contributed by atoms with Gasteiger partial charge < -0.3 is 5.32 Å². The minimum absolute atomic E-state index is 0.0159. The predicted molar refractivity (Wildman–Crippen MR) is 83.7 cm³/mol. The summed E-state index contributed by atoms with van der Waals surface area (Å²) in [4.78, 5) is 14.9. The summed E-state index contributed by atoms with van der Waals surface area (Å²) in [6, 6.07) is 6.68. The molecule has 112 valence electrons. The van der Waals surface area contributed by atoms with Crippen LogP contribution in [0.25, 0.3) is 0 Å². The van der Waals surface area contributed by atoms with Crippen molar-refractivity contribution < 1.29 is 4.92 Å². The molecular formula is C14H18N4O2S. The molecule has 0 spiro atoms. The van der Waals surface area contributed by atoms with Crippen molar-refractivity contribution in [1.29, 1.82) is 0 Å². The molecule has 1 atom stereocenters. The van der Waals surface area contributed by atoms with Crippen LogP contribution in [-0.4, -0.2) is 14.3 Å². The Morgan fingerprint density at radius 2 is 2.19 bits per heavy atom. The SMILES string of the molecule is CC[C@H](Nc1nc(C(C)C)ns1)c1cccc([N+](=O)[O-])c1. The maximum Gasteiger partial charge on any atom is 0.269 e. The zero-order valence-corrected chi connectivity index (χ0v) is 13.1. The second-order valence-corrected chi connectivity index (χ2v) is 5.82. The Hall–Kier alpha value is -2.02. The number of nitro groups is 1. The number of anilines is 1. The molecule has 1 aromatic carbocycles. The topological polar surface area (TPSA) is 81.0 Å². The molecule has 1 aromatic heterocycles. The van der Waals surface area contributed by atoms with Gasteiger partial charge >= 0.3 is 0 Å². The number of nitrogens with one attached hydrogen (secondary N) is 1. The molecule has 6 nitrogen and oxygen atoms in total. The fraction of sp³-hybridized carbons (Fsp3) is 0.429. The molecule has 0 amide bonds. The Labute approximate surface area is 127 Å². The van der Waals surface area contributed by atoms with Crippen molar-refractivity contribution in [3.8, 4) is 0 Å². The Kier molecular flexibility index (Phi) is 4.85. The lowest BCUT2D eigenvalue weighted by Crippen LogP contribution is -2.10. The summed E-state index contributed by atoms with van der Waals surface area (Å²) in [5, 5.41) is 14.9. The third-order valence-electron chi connectivity index (χ3n) is 3.15. The number of nitrogens with zero attached hydrogens (tertiary/aromatic N) is 3. The van der Waals surface area contributed by atoms with Crippen LogP contribution in [0.15, 0.2) is 24.3 Å². The summed E-state index contributed by atoms with van der Waals surface area (Å²) in [5.74, 6) is 1.10. The van der Waals surface area contributed by atoms with Gasteiger partial charge in [-0.25, -0.2) is 4.98 Å². The van der Waals surface area contributed by atoms with Crippen molar-refractivity contribution in [2.45, 2.75) is 39.2 Å². The van der Waals surface area contributed by atoms with Gasteiger partial charge in [-0.3, -0.25) is 10.1 Å². The molecule has 0 fully saturated rings. The van der Waals surface area contributed by atoms with Crippen molar-refractivity contribution in [3.63, 3.8) is 0 Å². The van der Waals surface area contributed by atoms with Crippen molar-refractivity contribution in [3.05, 3.63) is 45.8 Å². The minimum atomic E-state index is -0.377. The number of nitro benzene ring substituents is 1. The molecule has 0 radical (unpaired) electrons. The average Bonchev–Trinajstić information content (AvgIpc) is 2.93. The fourth-order valence-electron chi connectivity index (χ4n) is 1.95. The molecule has 0 unspecified atom stereocenters. The molecule has 7 heteroatoms. The summed E-state index contributed by atoms with van der Waals surface area (Å²) >= 11 is 1.32. The lowest BCUT2D eigenvalue weighted by atomic mass is 10.0. The third-order valence-corrected chi connectivity index (χ3v) is 3.81. The first-order valence-electron chi connectivity index (χ1n) is 6.85. The van der Waals surface area contributed by atoms with Crippen LogP contribution in [0, 0.1) is 10.1 Å². The highest BCUT2D eigenvalue weighted by molar-refractivity contribution is 7.09. The number of non-ortho nitro benzene ring substituents is 1. The van der Waals surface area contributed by atoms with E-state index < -0.39 is 0 Å². The van der Waals surface area contributed by atoms with E-state index in [-0.39, 0.29) is 22.6 Å². The van der Waals surface area contributed by atoms with Crippen molar-refractivity contribution in [1.82, 2.24) is 9.36 Å². The monoisotopic (exact) mass is 306 g/mol. The van der Waals surface area contributed by atoms with Crippen LogP contribution >= 0.6 is 11.5 Å². The Bertz CT molecular complexity index is 627. The quantitative estimate of drug-likeness (QED) is 0.641. The first kappa shape index (κ1) is 15.4. The zero-order chi connectivity index (χ0) is 15.4. The zero-order valence-electron chi connectivity index (χ0n) is 12.2. The minimum Gasteiger partial charge on any atom is -0.353 e. The molecule has 0 aliphatic carbocycles. The Balaban J connectivity index is 2.19. The molecule has 1 heterocycles. The predicted octanol–water partition coefficient (Wildman–Crippen LogP) is 4.13. The molecule has 2 rings (SSSR count).